The third-order valence-electron chi connectivity index (χ3n) is 10.1. The molecule has 4 aliphatic rings. The number of ether oxygens (including phenoxy) is 1. The molecule has 0 radical (unpaired) electrons. The first-order valence-corrected chi connectivity index (χ1v) is 12.1. The highest BCUT2D eigenvalue weighted by molar-refractivity contribution is 5.71. The van der Waals surface area contributed by atoms with Gasteiger partial charge < -0.3 is 25.5 Å². The number of fused-ring (bicyclic) bond motifs is 5. The third-order valence-corrected chi connectivity index (χ3v) is 10.1. The van der Waals surface area contributed by atoms with Crippen LogP contribution in [0.3, 0.4) is 0 Å². The lowest BCUT2D eigenvalue weighted by atomic mass is 9.43. The van der Waals surface area contributed by atoms with Crippen molar-refractivity contribution in [2.45, 2.75) is 95.4 Å². The molecule has 4 fully saturated rings. The Hall–Kier alpha value is -0.690. The Morgan fingerprint density at radius 3 is 2.57 bits per heavy atom. The van der Waals surface area contributed by atoms with Gasteiger partial charge in [-0.2, -0.15) is 0 Å². The first kappa shape index (κ1) is 22.5. The number of aliphatic hydroxyl groups is 2. The second-order valence-electron chi connectivity index (χ2n) is 11.0. The normalized spacial score (nSPS) is 50.7. The van der Waals surface area contributed by atoms with Crippen molar-refractivity contribution in [3.63, 3.8) is 0 Å². The molecular formula is C24H42N2O4. The molecule has 0 amide bonds. The van der Waals surface area contributed by atoms with Gasteiger partial charge in [0.05, 0.1) is 17.9 Å². The standard InChI is InChI=1S/C24H42N2O4/c1-21-9-7-18(30-14-4-13-25)15-17(21)5-6-20-19(21)8-10-22(2)23(27,16-26-29-3)11-12-24(20,22)28/h16-20,27-28H,4-15,25H2,1-3H3/b26-16+/t17?,18?,19-,20-,21+,22-,23?,24-/m1/s1. The molecule has 0 aromatic rings. The van der Waals surface area contributed by atoms with Crippen LogP contribution in [0.25, 0.3) is 0 Å². The molecule has 4 saturated carbocycles. The molecule has 0 aromatic heterocycles. The Kier molecular flexibility index (Phi) is 6.02. The molecule has 0 aliphatic heterocycles. The Morgan fingerprint density at radius 1 is 1.03 bits per heavy atom. The van der Waals surface area contributed by atoms with E-state index >= 15 is 0 Å². The van der Waals surface area contributed by atoms with Crippen LogP contribution in [0.5, 0.6) is 0 Å². The van der Waals surface area contributed by atoms with Crippen molar-refractivity contribution in [2.75, 3.05) is 20.3 Å². The summed E-state index contributed by atoms with van der Waals surface area (Å²) in [6.07, 6.45) is 11.6. The van der Waals surface area contributed by atoms with Gasteiger partial charge in [-0.25, -0.2) is 0 Å². The average molecular weight is 423 g/mol. The van der Waals surface area contributed by atoms with E-state index < -0.39 is 16.6 Å². The van der Waals surface area contributed by atoms with E-state index in [0.717, 1.165) is 51.6 Å². The number of nitrogens with two attached hydrogens (primary N) is 1. The van der Waals surface area contributed by atoms with Gasteiger partial charge in [0.2, 0.25) is 0 Å². The van der Waals surface area contributed by atoms with E-state index in [1.165, 1.54) is 13.5 Å². The molecule has 0 bridgehead atoms. The van der Waals surface area contributed by atoms with Crippen LogP contribution in [-0.4, -0.2) is 54.0 Å². The molecule has 0 heterocycles. The number of oxime groups is 1. The fourth-order valence-electron chi connectivity index (χ4n) is 8.07. The minimum atomic E-state index is -1.10. The second kappa shape index (κ2) is 8.02. The minimum Gasteiger partial charge on any atom is -0.399 e. The van der Waals surface area contributed by atoms with Gasteiger partial charge in [0, 0.05) is 12.0 Å². The highest BCUT2D eigenvalue weighted by atomic mass is 16.6. The van der Waals surface area contributed by atoms with Crippen molar-refractivity contribution in [1.82, 2.24) is 0 Å². The molecule has 6 heteroatoms. The van der Waals surface area contributed by atoms with Gasteiger partial charge in [0.25, 0.3) is 0 Å². The predicted molar refractivity (Wildman–Crippen MR) is 117 cm³/mol. The topological polar surface area (TPSA) is 97.3 Å². The number of hydrogen-bond acceptors (Lipinski definition) is 6. The number of hydrogen-bond donors (Lipinski definition) is 3. The van der Waals surface area contributed by atoms with Gasteiger partial charge in [-0.15, -0.1) is 0 Å². The SMILES string of the molecule is CO/N=C/C1(O)CC[C@@]2(O)[C@@H]3CCC4CC(OCCCN)CC[C@]4(C)[C@@H]3CC[C@]12C. The summed E-state index contributed by atoms with van der Waals surface area (Å²) >= 11 is 0. The third kappa shape index (κ3) is 3.16. The van der Waals surface area contributed by atoms with Gasteiger partial charge in [-0.3, -0.25) is 0 Å². The van der Waals surface area contributed by atoms with Crippen LogP contribution in [0.1, 0.15) is 78.1 Å². The summed E-state index contributed by atoms with van der Waals surface area (Å²) in [6.45, 7) is 6.02. The van der Waals surface area contributed by atoms with Crippen molar-refractivity contribution in [1.29, 1.82) is 0 Å². The maximum atomic E-state index is 12.1. The zero-order valence-corrected chi connectivity index (χ0v) is 19.1. The molecular weight excluding hydrogens is 380 g/mol. The quantitative estimate of drug-likeness (QED) is 0.347. The molecule has 6 nitrogen and oxygen atoms in total. The van der Waals surface area contributed by atoms with Crippen molar-refractivity contribution >= 4 is 6.21 Å². The molecule has 4 aliphatic carbocycles. The van der Waals surface area contributed by atoms with Crippen LogP contribution >= 0.6 is 0 Å². The summed E-state index contributed by atoms with van der Waals surface area (Å²) in [5, 5.41) is 27.5. The van der Waals surface area contributed by atoms with E-state index in [1.807, 2.05) is 0 Å². The Labute approximate surface area is 181 Å². The van der Waals surface area contributed by atoms with Crippen LogP contribution in [-0.2, 0) is 9.57 Å². The Balaban J connectivity index is 1.53. The summed E-state index contributed by atoms with van der Waals surface area (Å²) in [7, 11) is 1.50. The van der Waals surface area contributed by atoms with E-state index in [1.54, 1.807) is 6.21 Å². The first-order valence-electron chi connectivity index (χ1n) is 12.1. The Morgan fingerprint density at radius 2 is 1.83 bits per heavy atom. The first-order chi connectivity index (χ1) is 14.2. The molecule has 4 N–H and O–H groups in total. The summed E-state index contributed by atoms with van der Waals surface area (Å²) in [6, 6.07) is 0. The average Bonchev–Trinajstić information content (AvgIpc) is 2.94. The van der Waals surface area contributed by atoms with Crippen molar-refractivity contribution in [3.05, 3.63) is 0 Å². The zero-order chi connectivity index (χ0) is 21.6. The van der Waals surface area contributed by atoms with Crippen LogP contribution in [0, 0.1) is 28.6 Å². The Bertz CT molecular complexity index is 659. The van der Waals surface area contributed by atoms with E-state index in [2.05, 4.69) is 19.0 Å². The number of nitrogens with zero attached hydrogens (tertiary/aromatic N) is 1. The van der Waals surface area contributed by atoms with E-state index in [-0.39, 0.29) is 11.3 Å². The fraction of sp³-hybridized carbons (Fsp3) is 0.958. The molecule has 0 aromatic carbocycles. The highest BCUT2D eigenvalue weighted by Crippen LogP contribution is 2.69. The minimum absolute atomic E-state index is 0.247. The van der Waals surface area contributed by atoms with Gasteiger partial charge in [-0.05, 0) is 93.9 Å². The van der Waals surface area contributed by atoms with Gasteiger partial charge in [-0.1, -0.05) is 19.0 Å². The molecule has 3 unspecified atom stereocenters. The smallest absolute Gasteiger partial charge is 0.111 e. The number of rotatable bonds is 6. The van der Waals surface area contributed by atoms with Gasteiger partial charge in [0.15, 0.2) is 0 Å². The van der Waals surface area contributed by atoms with E-state index in [0.29, 0.717) is 37.3 Å². The molecule has 0 saturated heterocycles. The summed E-state index contributed by atoms with van der Waals surface area (Å²) < 4.78 is 6.13. The zero-order valence-electron chi connectivity index (χ0n) is 19.1. The van der Waals surface area contributed by atoms with Crippen LogP contribution < -0.4 is 5.73 Å². The van der Waals surface area contributed by atoms with E-state index in [4.69, 9.17) is 15.3 Å². The van der Waals surface area contributed by atoms with Crippen molar-refractivity contribution in [3.8, 4) is 0 Å². The molecule has 4 rings (SSSR count). The van der Waals surface area contributed by atoms with Crippen molar-refractivity contribution < 1.29 is 19.8 Å². The lowest BCUT2D eigenvalue weighted by Gasteiger charge is -2.64. The maximum Gasteiger partial charge on any atom is 0.111 e. The highest BCUT2D eigenvalue weighted by Gasteiger charge is 2.71. The monoisotopic (exact) mass is 422 g/mol. The lowest BCUT2D eigenvalue weighted by Crippen LogP contribution is -2.65. The van der Waals surface area contributed by atoms with Crippen LogP contribution in [0.15, 0.2) is 5.16 Å². The predicted octanol–water partition coefficient (Wildman–Crippen LogP) is 3.24. The summed E-state index contributed by atoms with van der Waals surface area (Å²) in [5.74, 6) is 1.43. The van der Waals surface area contributed by atoms with Crippen LogP contribution in [0.4, 0.5) is 0 Å². The van der Waals surface area contributed by atoms with Crippen molar-refractivity contribution in [2.24, 2.45) is 39.5 Å². The molecule has 30 heavy (non-hydrogen) atoms. The summed E-state index contributed by atoms with van der Waals surface area (Å²) in [4.78, 5) is 4.87. The largest absolute Gasteiger partial charge is 0.399 e. The maximum absolute atomic E-state index is 12.1. The second-order valence-corrected chi connectivity index (χ2v) is 11.0. The molecule has 0 spiro atoms. The molecule has 8 atom stereocenters. The van der Waals surface area contributed by atoms with Gasteiger partial charge in [0.1, 0.15) is 12.7 Å². The van der Waals surface area contributed by atoms with E-state index in [9.17, 15) is 10.2 Å². The summed E-state index contributed by atoms with van der Waals surface area (Å²) in [5.41, 5.74) is 3.36. The fourth-order valence-corrected chi connectivity index (χ4v) is 8.07. The van der Waals surface area contributed by atoms with Gasteiger partial charge >= 0.3 is 0 Å². The molecule has 172 valence electrons. The lowest BCUT2D eigenvalue weighted by molar-refractivity contribution is -0.225. The van der Waals surface area contributed by atoms with Crippen LogP contribution in [0.2, 0.25) is 0 Å².